The first-order valence-corrected chi connectivity index (χ1v) is 7.29. The topological polar surface area (TPSA) is 61.0 Å². The van der Waals surface area contributed by atoms with Crippen LogP contribution >= 0.6 is 0 Å². The second kappa shape index (κ2) is 6.33. The molecule has 0 saturated heterocycles. The van der Waals surface area contributed by atoms with E-state index in [-0.39, 0.29) is 6.10 Å². The third-order valence-electron chi connectivity index (χ3n) is 4.14. The minimum Gasteiger partial charge on any atom is -0.473 e. The number of ether oxygens (including phenoxy) is 1. The zero-order chi connectivity index (χ0) is 13.8. The van der Waals surface area contributed by atoms with Crippen LogP contribution in [0.2, 0.25) is 0 Å². The van der Waals surface area contributed by atoms with Gasteiger partial charge in [0.25, 0.3) is 0 Å². The van der Waals surface area contributed by atoms with Crippen LogP contribution in [0, 0.1) is 17.8 Å². The number of nitrogens with two attached hydrogens (primary N) is 1. The van der Waals surface area contributed by atoms with Gasteiger partial charge in [-0.15, -0.1) is 5.10 Å². The summed E-state index contributed by atoms with van der Waals surface area (Å²) in [5, 5.41) is 8.16. The summed E-state index contributed by atoms with van der Waals surface area (Å²) in [4.78, 5) is 0. The molecular weight excluding hydrogens is 238 g/mol. The quantitative estimate of drug-likeness (QED) is 0.907. The van der Waals surface area contributed by atoms with E-state index >= 15 is 0 Å². The Kier molecular flexibility index (Phi) is 4.75. The Morgan fingerprint density at radius 2 is 2.11 bits per heavy atom. The van der Waals surface area contributed by atoms with Crippen LogP contribution in [0.4, 0.5) is 0 Å². The van der Waals surface area contributed by atoms with Gasteiger partial charge < -0.3 is 10.5 Å². The lowest BCUT2D eigenvalue weighted by molar-refractivity contribution is 0.0418. The highest BCUT2D eigenvalue weighted by atomic mass is 16.5. The Morgan fingerprint density at radius 3 is 2.68 bits per heavy atom. The molecule has 0 aromatic carbocycles. The fourth-order valence-electron chi connectivity index (χ4n) is 2.92. The van der Waals surface area contributed by atoms with Crippen molar-refractivity contribution in [3.63, 3.8) is 0 Å². The molecule has 1 saturated carbocycles. The Morgan fingerprint density at radius 1 is 1.32 bits per heavy atom. The predicted octanol–water partition coefficient (Wildman–Crippen LogP) is 2.77. The van der Waals surface area contributed by atoms with E-state index in [1.165, 1.54) is 12.8 Å². The van der Waals surface area contributed by atoms with Crippen LogP contribution in [-0.2, 0) is 6.54 Å². The van der Waals surface area contributed by atoms with Crippen molar-refractivity contribution >= 4 is 0 Å². The van der Waals surface area contributed by atoms with Gasteiger partial charge in [0.2, 0.25) is 5.88 Å². The van der Waals surface area contributed by atoms with Crippen LogP contribution in [0.3, 0.4) is 0 Å². The summed E-state index contributed by atoms with van der Waals surface area (Å²) in [6.45, 7) is 7.28. The zero-order valence-electron chi connectivity index (χ0n) is 12.2. The number of aromatic nitrogens is 2. The second-order valence-electron chi connectivity index (χ2n) is 6.05. The summed E-state index contributed by atoms with van der Waals surface area (Å²) in [7, 11) is 0. The first-order chi connectivity index (χ1) is 9.10. The van der Waals surface area contributed by atoms with E-state index in [0.717, 1.165) is 18.0 Å². The Hall–Kier alpha value is -1.16. The highest BCUT2D eigenvalue weighted by molar-refractivity contribution is 5.12. The molecule has 0 amide bonds. The van der Waals surface area contributed by atoms with Crippen molar-refractivity contribution in [2.75, 3.05) is 0 Å². The van der Waals surface area contributed by atoms with Gasteiger partial charge in [-0.3, -0.25) is 0 Å². The van der Waals surface area contributed by atoms with E-state index in [1.54, 1.807) is 0 Å². The molecule has 3 unspecified atom stereocenters. The molecule has 0 bridgehead atoms. The summed E-state index contributed by atoms with van der Waals surface area (Å²) >= 11 is 0. The lowest BCUT2D eigenvalue weighted by atomic mass is 9.75. The van der Waals surface area contributed by atoms with Gasteiger partial charge in [0.15, 0.2) is 0 Å². The lowest BCUT2D eigenvalue weighted by Gasteiger charge is -2.36. The molecule has 4 nitrogen and oxygen atoms in total. The summed E-state index contributed by atoms with van der Waals surface area (Å²) in [5.74, 6) is 2.62. The Bertz CT molecular complexity index is 391. The SMILES string of the molecule is CC1CCC(C(C)C)C(Oc2ccc(CN)nn2)C1. The number of hydrogen-bond acceptors (Lipinski definition) is 4. The van der Waals surface area contributed by atoms with Crippen molar-refractivity contribution in [3.8, 4) is 5.88 Å². The standard InChI is InChI=1S/C15H25N3O/c1-10(2)13-6-4-11(3)8-14(13)19-15-7-5-12(9-16)17-18-15/h5,7,10-11,13-14H,4,6,8-9,16H2,1-3H3. The molecule has 19 heavy (non-hydrogen) atoms. The molecule has 106 valence electrons. The van der Waals surface area contributed by atoms with Crippen molar-refractivity contribution in [1.82, 2.24) is 10.2 Å². The molecule has 3 atom stereocenters. The van der Waals surface area contributed by atoms with Gasteiger partial charge in [-0.1, -0.05) is 27.2 Å². The fraction of sp³-hybridized carbons (Fsp3) is 0.733. The largest absolute Gasteiger partial charge is 0.473 e. The molecule has 1 aromatic heterocycles. The average molecular weight is 263 g/mol. The molecule has 2 rings (SSSR count). The average Bonchev–Trinajstić information content (AvgIpc) is 2.39. The van der Waals surface area contributed by atoms with Crippen molar-refractivity contribution in [2.45, 2.75) is 52.7 Å². The molecule has 1 fully saturated rings. The van der Waals surface area contributed by atoms with Gasteiger partial charge in [0.1, 0.15) is 6.10 Å². The van der Waals surface area contributed by atoms with Gasteiger partial charge in [-0.25, -0.2) is 0 Å². The van der Waals surface area contributed by atoms with Crippen LogP contribution in [0.25, 0.3) is 0 Å². The van der Waals surface area contributed by atoms with Crippen molar-refractivity contribution in [1.29, 1.82) is 0 Å². The van der Waals surface area contributed by atoms with Crippen LogP contribution in [0.1, 0.15) is 45.7 Å². The Labute approximate surface area is 115 Å². The van der Waals surface area contributed by atoms with Crippen LogP contribution in [0.5, 0.6) is 5.88 Å². The van der Waals surface area contributed by atoms with Gasteiger partial charge in [0.05, 0.1) is 5.69 Å². The van der Waals surface area contributed by atoms with Crippen molar-refractivity contribution in [2.24, 2.45) is 23.5 Å². The van der Waals surface area contributed by atoms with E-state index in [2.05, 4.69) is 31.0 Å². The van der Waals surface area contributed by atoms with Gasteiger partial charge in [0, 0.05) is 12.6 Å². The molecule has 0 radical (unpaired) electrons. The maximum atomic E-state index is 6.08. The first-order valence-electron chi connectivity index (χ1n) is 7.29. The number of rotatable bonds is 4. The maximum Gasteiger partial charge on any atom is 0.233 e. The molecule has 1 aromatic rings. The third-order valence-corrected chi connectivity index (χ3v) is 4.14. The summed E-state index contributed by atoms with van der Waals surface area (Å²) < 4.78 is 6.08. The summed E-state index contributed by atoms with van der Waals surface area (Å²) in [5.41, 5.74) is 6.32. The molecule has 0 spiro atoms. The highest BCUT2D eigenvalue weighted by Crippen LogP contribution is 2.35. The normalized spacial score (nSPS) is 27.5. The molecule has 1 aliphatic rings. The van der Waals surface area contributed by atoms with Crippen LogP contribution in [-0.4, -0.2) is 16.3 Å². The predicted molar refractivity (Wildman–Crippen MR) is 75.7 cm³/mol. The van der Waals surface area contributed by atoms with E-state index in [9.17, 15) is 0 Å². The van der Waals surface area contributed by atoms with Gasteiger partial charge >= 0.3 is 0 Å². The molecule has 0 aliphatic heterocycles. The third kappa shape index (κ3) is 3.66. The zero-order valence-corrected chi connectivity index (χ0v) is 12.2. The second-order valence-corrected chi connectivity index (χ2v) is 6.05. The van der Waals surface area contributed by atoms with Gasteiger partial charge in [-0.05, 0) is 36.7 Å². The molecule has 4 heteroatoms. The van der Waals surface area contributed by atoms with Crippen molar-refractivity contribution in [3.05, 3.63) is 17.8 Å². The minimum absolute atomic E-state index is 0.266. The Balaban J connectivity index is 2.05. The summed E-state index contributed by atoms with van der Waals surface area (Å²) in [6, 6.07) is 3.77. The van der Waals surface area contributed by atoms with E-state index in [4.69, 9.17) is 10.5 Å². The highest BCUT2D eigenvalue weighted by Gasteiger charge is 2.32. The monoisotopic (exact) mass is 263 g/mol. The summed E-state index contributed by atoms with van der Waals surface area (Å²) in [6.07, 6.45) is 3.93. The fourth-order valence-corrected chi connectivity index (χ4v) is 2.92. The smallest absolute Gasteiger partial charge is 0.233 e. The van der Waals surface area contributed by atoms with E-state index in [1.807, 2.05) is 12.1 Å². The van der Waals surface area contributed by atoms with Crippen LogP contribution in [0.15, 0.2) is 12.1 Å². The number of hydrogen-bond donors (Lipinski definition) is 1. The molecule has 1 heterocycles. The number of nitrogens with zero attached hydrogens (tertiary/aromatic N) is 2. The van der Waals surface area contributed by atoms with E-state index in [0.29, 0.717) is 24.3 Å². The van der Waals surface area contributed by atoms with Gasteiger partial charge in [-0.2, -0.15) is 5.10 Å². The van der Waals surface area contributed by atoms with E-state index < -0.39 is 0 Å². The lowest BCUT2D eigenvalue weighted by Crippen LogP contribution is -2.36. The molecule has 2 N–H and O–H groups in total. The molecule has 1 aliphatic carbocycles. The maximum absolute atomic E-state index is 6.08. The van der Waals surface area contributed by atoms with Crippen LogP contribution < -0.4 is 10.5 Å². The first kappa shape index (κ1) is 14.3. The minimum atomic E-state index is 0.266. The van der Waals surface area contributed by atoms with Crippen molar-refractivity contribution < 1.29 is 4.74 Å². The molecular formula is C15H25N3O.